The normalized spacial score (nSPS) is 10.6. The van der Waals surface area contributed by atoms with Crippen LogP contribution in [-0.4, -0.2) is 30.6 Å². The Morgan fingerprint density at radius 1 is 1.33 bits per heavy atom. The fourth-order valence-electron chi connectivity index (χ4n) is 2.01. The Hall–Kier alpha value is -2.96. The molecule has 3 aromatic heterocycles. The van der Waals surface area contributed by atoms with Crippen molar-refractivity contribution in [2.24, 2.45) is 7.05 Å². The first-order valence-electron chi connectivity index (χ1n) is 6.40. The van der Waals surface area contributed by atoms with E-state index in [1.807, 2.05) is 13.0 Å². The van der Waals surface area contributed by atoms with Gasteiger partial charge in [0.05, 0.1) is 11.8 Å². The van der Waals surface area contributed by atoms with Gasteiger partial charge in [-0.2, -0.15) is 5.10 Å². The molecule has 0 aromatic carbocycles. The number of aromatic amines is 1. The zero-order valence-corrected chi connectivity index (χ0v) is 11.7. The molecular formula is C14H14N6O. The molecule has 0 atom stereocenters. The number of nitrogens with one attached hydrogen (secondary N) is 2. The number of amides is 1. The molecule has 0 aliphatic heterocycles. The molecule has 0 saturated heterocycles. The summed E-state index contributed by atoms with van der Waals surface area (Å²) in [5.74, 6) is 1.02. The standard InChI is InChI=1S/C14H14N6O/c1-9-5-12(17-7-11(9)13-15-3-4-16-13)19-14(21)10-6-18-20(2)8-10/h3-8H,1-2H3,(H,15,16)(H,17,19,21). The molecule has 0 unspecified atom stereocenters. The predicted molar refractivity (Wildman–Crippen MR) is 77.7 cm³/mol. The highest BCUT2D eigenvalue weighted by Gasteiger charge is 2.11. The molecule has 0 fully saturated rings. The molecule has 7 heteroatoms. The Kier molecular flexibility index (Phi) is 3.23. The molecule has 0 aliphatic carbocycles. The highest BCUT2D eigenvalue weighted by molar-refractivity contribution is 6.03. The monoisotopic (exact) mass is 282 g/mol. The minimum atomic E-state index is -0.235. The molecule has 21 heavy (non-hydrogen) atoms. The van der Waals surface area contributed by atoms with Crippen molar-refractivity contribution in [1.29, 1.82) is 0 Å². The summed E-state index contributed by atoms with van der Waals surface area (Å²) >= 11 is 0. The topological polar surface area (TPSA) is 88.5 Å². The molecule has 0 spiro atoms. The van der Waals surface area contributed by atoms with E-state index in [0.29, 0.717) is 11.4 Å². The van der Waals surface area contributed by atoms with Gasteiger partial charge in [0.2, 0.25) is 0 Å². The molecule has 3 aromatic rings. The van der Waals surface area contributed by atoms with Gasteiger partial charge in [-0.15, -0.1) is 0 Å². The van der Waals surface area contributed by atoms with Crippen molar-refractivity contribution in [3.63, 3.8) is 0 Å². The van der Waals surface area contributed by atoms with E-state index >= 15 is 0 Å². The lowest BCUT2D eigenvalue weighted by molar-refractivity contribution is 0.102. The first-order valence-corrected chi connectivity index (χ1v) is 6.40. The van der Waals surface area contributed by atoms with E-state index in [4.69, 9.17) is 0 Å². The fraction of sp³-hybridized carbons (Fsp3) is 0.143. The summed E-state index contributed by atoms with van der Waals surface area (Å²) in [6.07, 6.45) is 8.30. The van der Waals surface area contributed by atoms with E-state index in [1.165, 1.54) is 6.20 Å². The van der Waals surface area contributed by atoms with Gasteiger partial charge in [-0.05, 0) is 18.6 Å². The smallest absolute Gasteiger partial charge is 0.260 e. The third-order valence-electron chi connectivity index (χ3n) is 3.07. The molecule has 3 heterocycles. The van der Waals surface area contributed by atoms with Crippen LogP contribution in [0.25, 0.3) is 11.4 Å². The highest BCUT2D eigenvalue weighted by Crippen LogP contribution is 2.20. The average molecular weight is 282 g/mol. The minimum Gasteiger partial charge on any atom is -0.345 e. The van der Waals surface area contributed by atoms with Crippen LogP contribution in [0.3, 0.4) is 0 Å². The maximum Gasteiger partial charge on any atom is 0.260 e. The summed E-state index contributed by atoms with van der Waals surface area (Å²) in [6.45, 7) is 1.94. The van der Waals surface area contributed by atoms with Crippen molar-refractivity contribution < 1.29 is 4.79 Å². The quantitative estimate of drug-likeness (QED) is 0.766. The lowest BCUT2D eigenvalue weighted by atomic mass is 10.1. The highest BCUT2D eigenvalue weighted by atomic mass is 16.1. The van der Waals surface area contributed by atoms with E-state index < -0.39 is 0 Å². The number of H-pyrrole nitrogens is 1. The van der Waals surface area contributed by atoms with Gasteiger partial charge in [-0.25, -0.2) is 9.97 Å². The lowest BCUT2D eigenvalue weighted by Gasteiger charge is -2.06. The number of carbonyl (C=O) groups is 1. The number of aromatic nitrogens is 5. The van der Waals surface area contributed by atoms with Crippen LogP contribution in [0.5, 0.6) is 0 Å². The molecule has 7 nitrogen and oxygen atoms in total. The van der Waals surface area contributed by atoms with Gasteiger partial charge in [-0.1, -0.05) is 0 Å². The Morgan fingerprint density at radius 2 is 2.19 bits per heavy atom. The summed E-state index contributed by atoms with van der Waals surface area (Å²) < 4.78 is 1.58. The number of carbonyl (C=O) groups excluding carboxylic acids is 1. The Labute approximate surface area is 121 Å². The molecule has 0 aliphatic rings. The van der Waals surface area contributed by atoms with Crippen molar-refractivity contribution in [2.45, 2.75) is 6.92 Å². The number of rotatable bonds is 3. The summed E-state index contributed by atoms with van der Waals surface area (Å²) in [5.41, 5.74) is 2.37. The third-order valence-corrected chi connectivity index (χ3v) is 3.07. The maximum atomic E-state index is 12.0. The second-order valence-corrected chi connectivity index (χ2v) is 4.68. The van der Waals surface area contributed by atoms with E-state index in [0.717, 1.165) is 17.0 Å². The second-order valence-electron chi connectivity index (χ2n) is 4.68. The van der Waals surface area contributed by atoms with Crippen molar-refractivity contribution >= 4 is 11.7 Å². The van der Waals surface area contributed by atoms with Crippen LogP contribution in [0.15, 0.2) is 37.1 Å². The lowest BCUT2D eigenvalue weighted by Crippen LogP contribution is -2.12. The number of imidazole rings is 1. The predicted octanol–water partition coefficient (Wildman–Crippen LogP) is 1.77. The zero-order valence-electron chi connectivity index (χ0n) is 11.7. The minimum absolute atomic E-state index is 0.235. The van der Waals surface area contributed by atoms with Crippen molar-refractivity contribution in [1.82, 2.24) is 24.7 Å². The molecule has 2 N–H and O–H groups in total. The van der Waals surface area contributed by atoms with Gasteiger partial charge in [0.25, 0.3) is 5.91 Å². The molecule has 0 radical (unpaired) electrons. The first kappa shape index (κ1) is 13.0. The van der Waals surface area contributed by atoms with Crippen LogP contribution < -0.4 is 5.32 Å². The van der Waals surface area contributed by atoms with Crippen molar-refractivity contribution in [3.8, 4) is 11.4 Å². The van der Waals surface area contributed by atoms with E-state index in [-0.39, 0.29) is 5.91 Å². The van der Waals surface area contributed by atoms with Crippen LogP contribution in [0.2, 0.25) is 0 Å². The van der Waals surface area contributed by atoms with Crippen LogP contribution in [-0.2, 0) is 7.05 Å². The maximum absolute atomic E-state index is 12.0. The Bertz CT molecular complexity index is 775. The molecule has 1 amide bonds. The number of pyridine rings is 1. The number of nitrogens with zero attached hydrogens (tertiary/aromatic N) is 4. The van der Waals surface area contributed by atoms with E-state index in [2.05, 4.69) is 25.4 Å². The molecule has 0 saturated carbocycles. The fourth-order valence-corrected chi connectivity index (χ4v) is 2.01. The molecular weight excluding hydrogens is 268 g/mol. The third kappa shape index (κ3) is 2.66. The zero-order chi connectivity index (χ0) is 14.8. The van der Waals surface area contributed by atoms with E-state index in [9.17, 15) is 4.79 Å². The summed E-state index contributed by atoms with van der Waals surface area (Å²) in [6, 6.07) is 1.81. The summed E-state index contributed by atoms with van der Waals surface area (Å²) in [5, 5.41) is 6.72. The first-order chi connectivity index (χ1) is 10.1. The van der Waals surface area contributed by atoms with Crippen LogP contribution in [0.1, 0.15) is 15.9 Å². The van der Waals surface area contributed by atoms with Gasteiger partial charge < -0.3 is 10.3 Å². The SMILES string of the molecule is Cc1cc(NC(=O)c2cnn(C)c2)ncc1-c1ncc[nH]1. The van der Waals surface area contributed by atoms with Crippen LogP contribution in [0, 0.1) is 6.92 Å². The number of anilines is 1. The summed E-state index contributed by atoms with van der Waals surface area (Å²) in [7, 11) is 1.76. The second kappa shape index (κ2) is 5.20. The molecule has 106 valence electrons. The van der Waals surface area contributed by atoms with Gasteiger partial charge in [0.15, 0.2) is 0 Å². The largest absolute Gasteiger partial charge is 0.345 e. The van der Waals surface area contributed by atoms with Gasteiger partial charge >= 0.3 is 0 Å². The average Bonchev–Trinajstić information content (AvgIpc) is 3.10. The van der Waals surface area contributed by atoms with Crippen molar-refractivity contribution in [2.75, 3.05) is 5.32 Å². The molecule has 0 bridgehead atoms. The summed E-state index contributed by atoms with van der Waals surface area (Å²) in [4.78, 5) is 23.5. The Morgan fingerprint density at radius 3 is 2.81 bits per heavy atom. The number of hydrogen-bond donors (Lipinski definition) is 2. The molecule has 3 rings (SSSR count). The van der Waals surface area contributed by atoms with Gasteiger partial charge in [0, 0.05) is 37.4 Å². The van der Waals surface area contributed by atoms with Gasteiger partial charge in [-0.3, -0.25) is 9.48 Å². The van der Waals surface area contributed by atoms with Crippen molar-refractivity contribution in [3.05, 3.63) is 48.2 Å². The van der Waals surface area contributed by atoms with E-state index in [1.54, 1.807) is 36.5 Å². The van der Waals surface area contributed by atoms with Crippen LogP contribution in [0.4, 0.5) is 5.82 Å². The van der Waals surface area contributed by atoms with Crippen LogP contribution >= 0.6 is 0 Å². The Balaban J connectivity index is 1.81. The number of aryl methyl sites for hydroxylation is 2. The van der Waals surface area contributed by atoms with Gasteiger partial charge in [0.1, 0.15) is 11.6 Å². The number of hydrogen-bond acceptors (Lipinski definition) is 4.